The van der Waals surface area contributed by atoms with Gasteiger partial charge in [-0.05, 0) is 17.7 Å². The Morgan fingerprint density at radius 1 is 1.22 bits per heavy atom. The number of amides is 1. The molecule has 1 N–H and O–H groups in total. The van der Waals surface area contributed by atoms with Crippen LogP contribution in [0.3, 0.4) is 0 Å². The molecule has 2 aromatic carbocycles. The highest BCUT2D eigenvalue weighted by molar-refractivity contribution is 6.01. The first-order valence-electron chi connectivity index (χ1n) is 7.50. The molecule has 0 spiro atoms. The number of nitrogens with zero attached hydrogens (tertiary/aromatic N) is 1. The van der Waals surface area contributed by atoms with E-state index in [1.807, 2.05) is 48.5 Å². The number of nitrogens with one attached hydrogen (secondary N) is 1. The lowest BCUT2D eigenvalue weighted by Crippen LogP contribution is -2.19. The number of anilines is 1. The van der Waals surface area contributed by atoms with Gasteiger partial charge in [-0.1, -0.05) is 47.6 Å². The van der Waals surface area contributed by atoms with E-state index in [2.05, 4.69) is 10.5 Å². The van der Waals surface area contributed by atoms with Crippen LogP contribution >= 0.6 is 0 Å². The van der Waals surface area contributed by atoms with Crippen molar-refractivity contribution in [3.05, 3.63) is 60.2 Å². The second-order valence-electron chi connectivity index (χ2n) is 5.32. The predicted octanol–water partition coefficient (Wildman–Crippen LogP) is 3.22. The van der Waals surface area contributed by atoms with E-state index in [1.165, 1.54) is 6.92 Å². The third-order valence-electron chi connectivity index (χ3n) is 3.46. The van der Waals surface area contributed by atoms with Crippen LogP contribution < -0.4 is 10.1 Å². The van der Waals surface area contributed by atoms with Crippen LogP contribution in [0.1, 0.15) is 18.9 Å². The zero-order chi connectivity index (χ0) is 16.1. The van der Waals surface area contributed by atoms with Crippen LogP contribution in [-0.4, -0.2) is 24.3 Å². The van der Waals surface area contributed by atoms with E-state index in [-0.39, 0.29) is 12.0 Å². The van der Waals surface area contributed by atoms with Crippen molar-refractivity contribution in [3.63, 3.8) is 0 Å². The largest absolute Gasteiger partial charge is 0.487 e. The van der Waals surface area contributed by atoms with Crippen molar-refractivity contribution < 1.29 is 14.4 Å². The van der Waals surface area contributed by atoms with Crippen molar-refractivity contribution in [2.24, 2.45) is 5.16 Å². The molecule has 1 aliphatic rings. The maximum absolute atomic E-state index is 11.2. The number of hydrogen-bond acceptors (Lipinski definition) is 4. The standard InChI is InChI=1S/C18H18N2O3/c1-13(21)19-16-9-5-6-10-18(16)22-12-15-11-17(20-23-15)14-7-3-2-4-8-14/h2-10,15H,11-12H2,1H3,(H,19,21)/t15-/m1/s1. The number of ether oxygens (including phenoxy) is 1. The Morgan fingerprint density at radius 2 is 1.96 bits per heavy atom. The van der Waals surface area contributed by atoms with Gasteiger partial charge in [-0.2, -0.15) is 0 Å². The summed E-state index contributed by atoms with van der Waals surface area (Å²) < 4.78 is 5.79. The molecule has 2 aromatic rings. The Morgan fingerprint density at radius 3 is 2.74 bits per heavy atom. The molecule has 3 rings (SSSR count). The lowest BCUT2D eigenvalue weighted by Gasteiger charge is -2.14. The van der Waals surface area contributed by atoms with Crippen LogP contribution in [0.5, 0.6) is 5.75 Å². The molecule has 5 nitrogen and oxygen atoms in total. The Bertz CT molecular complexity index is 713. The molecule has 0 radical (unpaired) electrons. The van der Waals surface area contributed by atoms with Crippen LogP contribution in [-0.2, 0) is 9.63 Å². The van der Waals surface area contributed by atoms with Crippen molar-refractivity contribution in [2.45, 2.75) is 19.4 Å². The Hall–Kier alpha value is -2.82. The lowest BCUT2D eigenvalue weighted by molar-refractivity contribution is -0.114. The van der Waals surface area contributed by atoms with Crippen molar-refractivity contribution in [1.82, 2.24) is 0 Å². The van der Waals surface area contributed by atoms with Crippen molar-refractivity contribution in [3.8, 4) is 5.75 Å². The molecule has 0 saturated carbocycles. The lowest BCUT2D eigenvalue weighted by atomic mass is 10.1. The van der Waals surface area contributed by atoms with Crippen LogP contribution in [0.25, 0.3) is 0 Å². The fourth-order valence-electron chi connectivity index (χ4n) is 2.39. The van der Waals surface area contributed by atoms with Crippen LogP contribution in [0.2, 0.25) is 0 Å². The molecule has 1 aliphatic heterocycles. The van der Waals surface area contributed by atoms with Gasteiger partial charge in [0.05, 0.1) is 11.4 Å². The summed E-state index contributed by atoms with van der Waals surface area (Å²) in [7, 11) is 0. The first-order chi connectivity index (χ1) is 11.2. The molecule has 0 bridgehead atoms. The summed E-state index contributed by atoms with van der Waals surface area (Å²) in [6.07, 6.45) is 0.572. The van der Waals surface area contributed by atoms with E-state index < -0.39 is 0 Å². The molecule has 118 valence electrons. The molecule has 5 heteroatoms. The Labute approximate surface area is 134 Å². The van der Waals surface area contributed by atoms with Crippen molar-refractivity contribution >= 4 is 17.3 Å². The third-order valence-corrected chi connectivity index (χ3v) is 3.46. The SMILES string of the molecule is CC(=O)Nc1ccccc1OC[C@H]1CC(c2ccccc2)=NO1. The average Bonchev–Trinajstić information content (AvgIpc) is 3.03. The minimum atomic E-state index is -0.132. The minimum absolute atomic E-state index is 0.129. The van der Waals surface area contributed by atoms with Gasteiger partial charge in [-0.25, -0.2) is 0 Å². The summed E-state index contributed by atoms with van der Waals surface area (Å²) in [4.78, 5) is 16.7. The van der Waals surface area contributed by atoms with Crippen LogP contribution in [0.4, 0.5) is 5.69 Å². The van der Waals surface area contributed by atoms with Crippen LogP contribution in [0, 0.1) is 0 Å². The quantitative estimate of drug-likeness (QED) is 0.922. The molecule has 1 atom stereocenters. The number of rotatable bonds is 5. The third kappa shape index (κ3) is 3.88. The number of para-hydroxylation sites is 2. The number of benzene rings is 2. The molecular weight excluding hydrogens is 292 g/mol. The maximum atomic E-state index is 11.2. The minimum Gasteiger partial charge on any atom is -0.487 e. The monoisotopic (exact) mass is 310 g/mol. The number of carbonyl (C=O) groups is 1. The first kappa shape index (κ1) is 15.1. The van der Waals surface area contributed by atoms with Gasteiger partial charge in [0.1, 0.15) is 12.4 Å². The number of carbonyl (C=O) groups excluding carboxylic acids is 1. The topological polar surface area (TPSA) is 59.9 Å². The van der Waals surface area contributed by atoms with Gasteiger partial charge in [0.2, 0.25) is 5.91 Å². The fourth-order valence-corrected chi connectivity index (χ4v) is 2.39. The summed E-state index contributed by atoms with van der Waals surface area (Å²) in [5.41, 5.74) is 2.64. The van der Waals surface area contributed by atoms with E-state index >= 15 is 0 Å². The highest BCUT2D eigenvalue weighted by Crippen LogP contribution is 2.25. The molecule has 0 saturated heterocycles. The van der Waals surface area contributed by atoms with Gasteiger partial charge in [-0.3, -0.25) is 4.79 Å². The van der Waals surface area contributed by atoms with E-state index in [1.54, 1.807) is 6.07 Å². The van der Waals surface area contributed by atoms with Crippen LogP contribution in [0.15, 0.2) is 59.8 Å². The van der Waals surface area contributed by atoms with E-state index in [0.29, 0.717) is 24.5 Å². The highest BCUT2D eigenvalue weighted by Gasteiger charge is 2.23. The van der Waals surface area contributed by atoms with Crippen molar-refractivity contribution in [2.75, 3.05) is 11.9 Å². The second kappa shape index (κ2) is 6.96. The summed E-state index contributed by atoms with van der Waals surface area (Å²) in [5, 5.41) is 6.89. The van der Waals surface area contributed by atoms with E-state index in [9.17, 15) is 4.79 Å². The van der Waals surface area contributed by atoms with Gasteiger partial charge >= 0.3 is 0 Å². The Balaban J connectivity index is 1.58. The summed E-state index contributed by atoms with van der Waals surface area (Å²) >= 11 is 0. The predicted molar refractivity (Wildman–Crippen MR) is 88.7 cm³/mol. The molecule has 0 unspecified atom stereocenters. The zero-order valence-electron chi connectivity index (χ0n) is 12.9. The van der Waals surface area contributed by atoms with E-state index in [0.717, 1.165) is 11.3 Å². The van der Waals surface area contributed by atoms with Gasteiger partial charge in [0.15, 0.2) is 6.10 Å². The van der Waals surface area contributed by atoms with Gasteiger partial charge in [0.25, 0.3) is 0 Å². The molecule has 1 amide bonds. The number of oxime groups is 1. The normalized spacial score (nSPS) is 16.4. The summed E-state index contributed by atoms with van der Waals surface area (Å²) in [6.45, 7) is 1.84. The van der Waals surface area contributed by atoms with Crippen molar-refractivity contribution in [1.29, 1.82) is 0 Å². The van der Waals surface area contributed by atoms with Gasteiger partial charge in [-0.15, -0.1) is 0 Å². The molecule has 23 heavy (non-hydrogen) atoms. The molecular formula is C18H18N2O3. The first-order valence-corrected chi connectivity index (χ1v) is 7.50. The molecule has 0 aliphatic carbocycles. The average molecular weight is 310 g/mol. The van der Waals surface area contributed by atoms with Gasteiger partial charge in [0, 0.05) is 13.3 Å². The van der Waals surface area contributed by atoms with Gasteiger partial charge < -0.3 is 14.9 Å². The second-order valence-corrected chi connectivity index (χ2v) is 5.32. The van der Waals surface area contributed by atoms with E-state index in [4.69, 9.17) is 9.57 Å². The number of hydrogen-bond donors (Lipinski definition) is 1. The summed E-state index contributed by atoms with van der Waals surface area (Å²) in [6, 6.07) is 17.3. The molecule has 0 fully saturated rings. The fraction of sp³-hybridized carbons (Fsp3) is 0.222. The highest BCUT2D eigenvalue weighted by atomic mass is 16.7. The summed E-state index contributed by atoms with van der Waals surface area (Å²) in [5.74, 6) is 0.493. The molecule has 0 aromatic heterocycles. The molecule has 1 heterocycles. The smallest absolute Gasteiger partial charge is 0.221 e. The maximum Gasteiger partial charge on any atom is 0.221 e. The Kier molecular flexibility index (Phi) is 4.57. The zero-order valence-corrected chi connectivity index (χ0v) is 12.9.